The van der Waals surface area contributed by atoms with Gasteiger partial charge in [0, 0.05) is 16.7 Å². The summed E-state index contributed by atoms with van der Waals surface area (Å²) in [6.07, 6.45) is 1.86. The molecule has 6 nitrogen and oxygen atoms in total. The number of nitrogens with zero attached hydrogens (tertiary/aromatic N) is 1. The Bertz CT molecular complexity index is 844. The summed E-state index contributed by atoms with van der Waals surface area (Å²) in [5.74, 6) is 0. The lowest BCUT2D eigenvalue weighted by molar-refractivity contribution is -0.400. The quantitative estimate of drug-likeness (QED) is 0.522. The molecule has 0 aliphatic rings. The molecule has 22 heavy (non-hydrogen) atoms. The van der Waals surface area contributed by atoms with Gasteiger partial charge >= 0.3 is 0 Å². The van der Waals surface area contributed by atoms with Gasteiger partial charge < -0.3 is 0 Å². The standard InChI is InChI=1S/C14H10ClNO5S/c15-12-6-4-11(5-7-12)14-10(8-9-16(17)18)2-1-3-13(14)22(19,20)21/h1-9H,(H,19,20,21)/b9-8+. The molecule has 0 radical (unpaired) electrons. The smallest absolute Gasteiger partial charge is 0.282 e. The van der Waals surface area contributed by atoms with Crippen LogP contribution in [0.2, 0.25) is 5.02 Å². The summed E-state index contributed by atoms with van der Waals surface area (Å²) < 4.78 is 32.5. The normalized spacial score (nSPS) is 11.7. The average molecular weight is 340 g/mol. The zero-order chi connectivity index (χ0) is 16.3. The van der Waals surface area contributed by atoms with Crippen LogP contribution in [-0.2, 0) is 10.1 Å². The first-order valence-electron chi connectivity index (χ1n) is 5.97. The number of rotatable bonds is 4. The molecule has 0 aromatic heterocycles. The van der Waals surface area contributed by atoms with Crippen molar-refractivity contribution in [2.24, 2.45) is 0 Å². The van der Waals surface area contributed by atoms with Gasteiger partial charge in [-0.3, -0.25) is 14.7 Å². The Morgan fingerprint density at radius 2 is 1.77 bits per heavy atom. The zero-order valence-corrected chi connectivity index (χ0v) is 12.6. The summed E-state index contributed by atoms with van der Waals surface area (Å²) in [6.45, 7) is 0. The predicted octanol–water partition coefficient (Wildman–Crippen LogP) is 3.50. The summed E-state index contributed by atoms with van der Waals surface area (Å²) in [6, 6.07) is 10.4. The molecular weight excluding hydrogens is 330 g/mol. The van der Waals surface area contributed by atoms with Gasteiger partial charge in [-0.05, 0) is 29.3 Å². The lowest BCUT2D eigenvalue weighted by Crippen LogP contribution is -2.02. The van der Waals surface area contributed by atoms with E-state index in [1.807, 2.05) is 0 Å². The minimum atomic E-state index is -4.49. The summed E-state index contributed by atoms with van der Waals surface area (Å²) in [5.41, 5.74) is 0.912. The molecule has 0 amide bonds. The minimum absolute atomic E-state index is 0.166. The average Bonchev–Trinajstić information content (AvgIpc) is 2.44. The Morgan fingerprint density at radius 3 is 2.32 bits per heavy atom. The second kappa shape index (κ2) is 6.27. The van der Waals surface area contributed by atoms with Crippen molar-refractivity contribution in [1.82, 2.24) is 0 Å². The highest BCUT2D eigenvalue weighted by Crippen LogP contribution is 2.32. The first-order chi connectivity index (χ1) is 10.3. The van der Waals surface area contributed by atoms with E-state index in [9.17, 15) is 23.1 Å². The molecule has 0 saturated heterocycles. The highest BCUT2D eigenvalue weighted by atomic mass is 35.5. The topological polar surface area (TPSA) is 97.5 Å². The number of hydrogen-bond acceptors (Lipinski definition) is 4. The van der Waals surface area contributed by atoms with Crippen molar-refractivity contribution in [1.29, 1.82) is 0 Å². The molecule has 0 unspecified atom stereocenters. The Labute approximate surface area is 131 Å². The number of hydrogen-bond donors (Lipinski definition) is 1. The van der Waals surface area contributed by atoms with E-state index in [0.29, 0.717) is 16.8 Å². The Balaban J connectivity index is 2.76. The monoisotopic (exact) mass is 339 g/mol. The highest BCUT2D eigenvalue weighted by molar-refractivity contribution is 7.86. The summed E-state index contributed by atoms with van der Waals surface area (Å²) in [4.78, 5) is 9.49. The fraction of sp³-hybridized carbons (Fsp3) is 0. The summed E-state index contributed by atoms with van der Waals surface area (Å²) in [7, 11) is -4.49. The third kappa shape index (κ3) is 3.70. The molecule has 0 fully saturated rings. The van der Waals surface area contributed by atoms with E-state index in [1.54, 1.807) is 24.3 Å². The second-order valence-electron chi connectivity index (χ2n) is 4.30. The van der Waals surface area contributed by atoms with Gasteiger partial charge in [0.05, 0.1) is 4.92 Å². The van der Waals surface area contributed by atoms with Crippen LogP contribution in [0.4, 0.5) is 0 Å². The fourth-order valence-corrected chi connectivity index (χ4v) is 2.84. The molecule has 0 saturated carbocycles. The van der Waals surface area contributed by atoms with E-state index in [1.165, 1.54) is 24.3 Å². The molecular formula is C14H10ClNO5S. The van der Waals surface area contributed by atoms with Crippen LogP contribution in [0.3, 0.4) is 0 Å². The van der Waals surface area contributed by atoms with Crippen LogP contribution in [0.5, 0.6) is 0 Å². The van der Waals surface area contributed by atoms with Crippen molar-refractivity contribution in [2.45, 2.75) is 4.90 Å². The molecule has 2 rings (SSSR count). The Morgan fingerprint density at radius 1 is 1.14 bits per heavy atom. The largest absolute Gasteiger partial charge is 0.295 e. The molecule has 2 aromatic carbocycles. The fourth-order valence-electron chi connectivity index (χ4n) is 1.97. The molecule has 1 N–H and O–H groups in total. The van der Waals surface area contributed by atoms with Crippen molar-refractivity contribution in [3.8, 4) is 11.1 Å². The van der Waals surface area contributed by atoms with Gasteiger partial charge in [0.1, 0.15) is 4.90 Å². The van der Waals surface area contributed by atoms with Crippen molar-refractivity contribution in [2.75, 3.05) is 0 Å². The van der Waals surface area contributed by atoms with Crippen molar-refractivity contribution < 1.29 is 17.9 Å². The molecule has 8 heteroatoms. The van der Waals surface area contributed by atoms with Crippen molar-refractivity contribution in [3.05, 3.63) is 69.4 Å². The lowest BCUT2D eigenvalue weighted by atomic mass is 9.99. The molecule has 0 spiro atoms. The van der Waals surface area contributed by atoms with Crippen molar-refractivity contribution >= 4 is 27.8 Å². The van der Waals surface area contributed by atoms with Gasteiger partial charge in [0.15, 0.2) is 0 Å². The molecule has 0 heterocycles. The summed E-state index contributed by atoms with van der Waals surface area (Å²) in [5, 5.41) is 10.9. The molecule has 0 aliphatic carbocycles. The molecule has 0 atom stereocenters. The van der Waals surface area contributed by atoms with Crippen molar-refractivity contribution in [3.63, 3.8) is 0 Å². The van der Waals surface area contributed by atoms with Crippen LogP contribution < -0.4 is 0 Å². The predicted molar refractivity (Wildman–Crippen MR) is 82.7 cm³/mol. The third-order valence-electron chi connectivity index (χ3n) is 2.85. The molecule has 114 valence electrons. The minimum Gasteiger partial charge on any atom is -0.282 e. The Hall–Kier alpha value is -2.22. The molecule has 0 bridgehead atoms. The van der Waals surface area contributed by atoms with Gasteiger partial charge in [-0.1, -0.05) is 35.9 Å². The van der Waals surface area contributed by atoms with Crippen LogP contribution in [-0.4, -0.2) is 17.9 Å². The van der Waals surface area contributed by atoms with Crippen LogP contribution in [0.1, 0.15) is 5.56 Å². The van der Waals surface area contributed by atoms with E-state index in [0.717, 1.165) is 0 Å². The first kappa shape index (κ1) is 16.2. The van der Waals surface area contributed by atoms with Gasteiger partial charge in [0.25, 0.3) is 10.1 Å². The Kier molecular flexibility index (Phi) is 4.60. The first-order valence-corrected chi connectivity index (χ1v) is 7.79. The highest BCUT2D eigenvalue weighted by Gasteiger charge is 2.19. The van der Waals surface area contributed by atoms with Crippen LogP contribution in [0, 0.1) is 10.1 Å². The zero-order valence-electron chi connectivity index (χ0n) is 11.0. The van der Waals surface area contributed by atoms with Crippen LogP contribution in [0.25, 0.3) is 17.2 Å². The van der Waals surface area contributed by atoms with Gasteiger partial charge in [-0.15, -0.1) is 0 Å². The number of halogens is 1. The number of nitro groups is 1. The maximum absolute atomic E-state index is 11.6. The summed E-state index contributed by atoms with van der Waals surface area (Å²) >= 11 is 5.80. The lowest BCUT2D eigenvalue weighted by Gasteiger charge is -2.11. The molecule has 2 aromatic rings. The maximum atomic E-state index is 11.6. The third-order valence-corrected chi connectivity index (χ3v) is 3.99. The van der Waals surface area contributed by atoms with Crippen LogP contribution >= 0.6 is 11.6 Å². The van der Waals surface area contributed by atoms with E-state index < -0.39 is 15.0 Å². The van der Waals surface area contributed by atoms with E-state index in [2.05, 4.69) is 0 Å². The van der Waals surface area contributed by atoms with E-state index in [4.69, 9.17) is 11.6 Å². The van der Waals surface area contributed by atoms with Crippen LogP contribution in [0.15, 0.2) is 53.6 Å². The van der Waals surface area contributed by atoms with E-state index >= 15 is 0 Å². The maximum Gasteiger partial charge on any atom is 0.295 e. The van der Waals surface area contributed by atoms with Gasteiger partial charge in [-0.25, -0.2) is 0 Å². The SMILES string of the molecule is O=[N+]([O-])/C=C/c1cccc(S(=O)(=O)O)c1-c1ccc(Cl)cc1. The van der Waals surface area contributed by atoms with Gasteiger partial charge in [-0.2, -0.15) is 8.42 Å². The number of benzene rings is 2. The van der Waals surface area contributed by atoms with E-state index in [-0.39, 0.29) is 16.0 Å². The van der Waals surface area contributed by atoms with Gasteiger partial charge in [0.2, 0.25) is 6.20 Å². The second-order valence-corrected chi connectivity index (χ2v) is 6.13. The molecule has 0 aliphatic heterocycles.